The fraction of sp³-hybridized carbons (Fsp3) is 0.600. The predicted octanol–water partition coefficient (Wildman–Crippen LogP) is 3.37. The molecule has 0 heterocycles. The maximum Gasteiger partial charge on any atom is 0.389 e. The maximum absolute atomic E-state index is 12.1. The van der Waals surface area contributed by atoms with Crippen LogP contribution in [0.15, 0.2) is 18.2 Å². The maximum atomic E-state index is 12.1. The molecule has 1 aliphatic rings. The molecule has 0 bridgehead atoms. The van der Waals surface area contributed by atoms with Crippen LogP contribution in [-0.4, -0.2) is 26.0 Å². The van der Waals surface area contributed by atoms with Crippen molar-refractivity contribution in [2.75, 3.05) is 13.7 Å². The third-order valence-electron chi connectivity index (χ3n) is 3.75. The van der Waals surface area contributed by atoms with Crippen molar-refractivity contribution < 1.29 is 22.6 Å². The van der Waals surface area contributed by atoms with Crippen LogP contribution >= 0.6 is 0 Å². The van der Waals surface area contributed by atoms with Crippen molar-refractivity contribution in [3.05, 3.63) is 29.3 Å². The number of fused-ring (bicyclic) bond motifs is 1. The molecular formula is C15H20F3NO2. The highest BCUT2D eigenvalue weighted by Crippen LogP contribution is 2.33. The number of ether oxygens (including phenoxy) is 2. The lowest BCUT2D eigenvalue weighted by molar-refractivity contribution is -0.139. The van der Waals surface area contributed by atoms with Crippen molar-refractivity contribution >= 4 is 0 Å². The van der Waals surface area contributed by atoms with Gasteiger partial charge in [0.25, 0.3) is 0 Å². The van der Waals surface area contributed by atoms with Gasteiger partial charge < -0.3 is 15.2 Å². The molecule has 0 saturated heterocycles. The highest BCUT2D eigenvalue weighted by Gasteiger charge is 2.29. The molecule has 21 heavy (non-hydrogen) atoms. The second kappa shape index (κ2) is 6.66. The van der Waals surface area contributed by atoms with Gasteiger partial charge in [0.2, 0.25) is 0 Å². The fourth-order valence-electron chi connectivity index (χ4n) is 2.61. The highest BCUT2D eigenvalue weighted by molar-refractivity contribution is 5.39. The summed E-state index contributed by atoms with van der Waals surface area (Å²) in [6.07, 6.45) is -3.67. The number of hydrogen-bond acceptors (Lipinski definition) is 3. The average Bonchev–Trinajstić information content (AvgIpc) is 2.44. The molecule has 118 valence electrons. The molecule has 0 radical (unpaired) electrons. The SMILES string of the molecule is COc1ccc2c(c1)C(N)C(OCCCC(F)(F)F)CC2. The second-order valence-corrected chi connectivity index (χ2v) is 5.26. The zero-order chi connectivity index (χ0) is 15.5. The lowest BCUT2D eigenvalue weighted by Gasteiger charge is -2.31. The molecule has 2 rings (SSSR count). The van der Waals surface area contributed by atoms with Crippen molar-refractivity contribution in [3.8, 4) is 5.75 Å². The third-order valence-corrected chi connectivity index (χ3v) is 3.75. The van der Waals surface area contributed by atoms with Crippen molar-refractivity contribution in [2.24, 2.45) is 5.73 Å². The van der Waals surface area contributed by atoms with Crippen LogP contribution in [0.2, 0.25) is 0 Å². The smallest absolute Gasteiger partial charge is 0.389 e. The van der Waals surface area contributed by atoms with E-state index in [1.54, 1.807) is 7.11 Å². The van der Waals surface area contributed by atoms with Gasteiger partial charge in [-0.3, -0.25) is 0 Å². The Morgan fingerprint density at radius 2 is 2.10 bits per heavy atom. The molecule has 0 spiro atoms. The van der Waals surface area contributed by atoms with Gasteiger partial charge in [-0.2, -0.15) is 13.2 Å². The molecule has 6 heteroatoms. The molecule has 0 amide bonds. The van der Waals surface area contributed by atoms with E-state index in [0.717, 1.165) is 29.7 Å². The van der Waals surface area contributed by atoms with Crippen molar-refractivity contribution in [1.82, 2.24) is 0 Å². The molecule has 1 aromatic rings. The van der Waals surface area contributed by atoms with E-state index in [-0.39, 0.29) is 25.2 Å². The van der Waals surface area contributed by atoms with E-state index >= 15 is 0 Å². The summed E-state index contributed by atoms with van der Waals surface area (Å²) in [4.78, 5) is 0. The van der Waals surface area contributed by atoms with Crippen molar-refractivity contribution in [2.45, 2.75) is 44.0 Å². The van der Waals surface area contributed by atoms with E-state index in [9.17, 15) is 13.2 Å². The molecule has 0 aliphatic heterocycles. The Balaban J connectivity index is 1.92. The number of nitrogens with two attached hydrogens (primary N) is 1. The molecule has 2 atom stereocenters. The third kappa shape index (κ3) is 4.35. The van der Waals surface area contributed by atoms with Crippen LogP contribution < -0.4 is 10.5 Å². The molecule has 1 aliphatic carbocycles. The van der Waals surface area contributed by atoms with E-state index < -0.39 is 12.6 Å². The van der Waals surface area contributed by atoms with Crippen LogP contribution in [0.1, 0.15) is 36.4 Å². The Morgan fingerprint density at radius 3 is 2.76 bits per heavy atom. The first-order valence-electron chi connectivity index (χ1n) is 7.01. The minimum Gasteiger partial charge on any atom is -0.497 e. The number of hydrogen-bond donors (Lipinski definition) is 1. The first-order valence-corrected chi connectivity index (χ1v) is 7.01. The van der Waals surface area contributed by atoms with Gasteiger partial charge in [-0.15, -0.1) is 0 Å². The van der Waals surface area contributed by atoms with E-state index in [0.29, 0.717) is 0 Å². The van der Waals surface area contributed by atoms with Gasteiger partial charge in [0.1, 0.15) is 5.75 Å². The summed E-state index contributed by atoms with van der Waals surface area (Å²) in [5.74, 6) is 0.724. The predicted molar refractivity (Wildman–Crippen MR) is 73.3 cm³/mol. The van der Waals surface area contributed by atoms with Crippen molar-refractivity contribution in [3.63, 3.8) is 0 Å². The Bertz CT molecular complexity index is 476. The zero-order valence-corrected chi connectivity index (χ0v) is 12.0. The van der Waals surface area contributed by atoms with Gasteiger partial charge in [-0.25, -0.2) is 0 Å². The normalized spacial score (nSPS) is 22.0. The Kier molecular flexibility index (Phi) is 5.11. The van der Waals surface area contributed by atoms with E-state index in [1.165, 1.54) is 0 Å². The Hall–Kier alpha value is -1.27. The van der Waals surface area contributed by atoms with Crippen LogP contribution in [0.4, 0.5) is 13.2 Å². The molecule has 2 N–H and O–H groups in total. The van der Waals surface area contributed by atoms with E-state index in [4.69, 9.17) is 15.2 Å². The van der Waals surface area contributed by atoms with Crippen LogP contribution in [0.3, 0.4) is 0 Å². The summed E-state index contributed by atoms with van der Waals surface area (Å²) in [7, 11) is 1.58. The first-order chi connectivity index (χ1) is 9.90. The summed E-state index contributed by atoms with van der Waals surface area (Å²) in [5.41, 5.74) is 8.29. The van der Waals surface area contributed by atoms with Gasteiger partial charge in [-0.05, 0) is 42.5 Å². The minimum atomic E-state index is -4.13. The molecule has 2 unspecified atom stereocenters. The number of rotatable bonds is 5. The zero-order valence-electron chi connectivity index (χ0n) is 12.0. The van der Waals surface area contributed by atoms with E-state index in [2.05, 4.69) is 0 Å². The molecule has 0 aromatic heterocycles. The van der Waals surface area contributed by atoms with Crippen molar-refractivity contribution in [1.29, 1.82) is 0 Å². The monoisotopic (exact) mass is 303 g/mol. The Morgan fingerprint density at radius 1 is 1.33 bits per heavy atom. The number of halogens is 3. The lowest BCUT2D eigenvalue weighted by Crippen LogP contribution is -2.34. The van der Waals surface area contributed by atoms with Gasteiger partial charge in [-0.1, -0.05) is 6.07 Å². The number of methoxy groups -OCH3 is 1. The first kappa shape index (κ1) is 16.1. The molecule has 0 saturated carbocycles. The minimum absolute atomic E-state index is 0.0301. The summed E-state index contributed by atoms with van der Waals surface area (Å²) in [5, 5.41) is 0. The average molecular weight is 303 g/mol. The standard InChI is InChI=1S/C15H20F3NO2/c1-20-11-5-3-10-4-6-13(14(19)12(10)9-11)21-8-2-7-15(16,17)18/h3,5,9,13-14H,2,4,6-8,19H2,1H3. The summed E-state index contributed by atoms with van der Waals surface area (Å²) in [6.45, 7) is 0.0805. The molecule has 0 fully saturated rings. The fourth-order valence-corrected chi connectivity index (χ4v) is 2.61. The van der Waals surface area contributed by atoms with Gasteiger partial charge in [0.05, 0.1) is 19.3 Å². The Labute approximate surface area is 122 Å². The summed E-state index contributed by atoms with van der Waals surface area (Å²) < 4.78 is 47.0. The van der Waals surface area contributed by atoms with Crippen LogP contribution in [0, 0.1) is 0 Å². The number of alkyl halides is 3. The molecule has 3 nitrogen and oxygen atoms in total. The van der Waals surface area contributed by atoms with Crippen LogP contribution in [-0.2, 0) is 11.2 Å². The van der Waals surface area contributed by atoms with Gasteiger partial charge >= 0.3 is 6.18 Å². The highest BCUT2D eigenvalue weighted by atomic mass is 19.4. The van der Waals surface area contributed by atoms with Crippen LogP contribution in [0.25, 0.3) is 0 Å². The number of benzene rings is 1. The van der Waals surface area contributed by atoms with E-state index in [1.807, 2.05) is 18.2 Å². The largest absolute Gasteiger partial charge is 0.497 e. The van der Waals surface area contributed by atoms with Gasteiger partial charge in [0.15, 0.2) is 0 Å². The summed E-state index contributed by atoms with van der Waals surface area (Å²) in [6, 6.07) is 5.42. The van der Waals surface area contributed by atoms with Crippen LogP contribution in [0.5, 0.6) is 5.75 Å². The molecular weight excluding hydrogens is 283 g/mol. The number of aryl methyl sites for hydroxylation is 1. The quantitative estimate of drug-likeness (QED) is 0.848. The summed E-state index contributed by atoms with van der Waals surface area (Å²) >= 11 is 0. The topological polar surface area (TPSA) is 44.5 Å². The van der Waals surface area contributed by atoms with Gasteiger partial charge in [0, 0.05) is 13.0 Å². The lowest BCUT2D eigenvalue weighted by atomic mass is 9.86. The molecule has 1 aromatic carbocycles. The second-order valence-electron chi connectivity index (χ2n) is 5.26.